The molecule has 1 aromatic heterocycles. The molecule has 0 saturated heterocycles. The molecule has 1 amide bonds. The Morgan fingerprint density at radius 2 is 2.00 bits per heavy atom. The van der Waals surface area contributed by atoms with E-state index in [2.05, 4.69) is 10.2 Å². The Balaban J connectivity index is 1.79. The lowest BCUT2D eigenvalue weighted by atomic mass is 10.0. The van der Waals surface area contributed by atoms with Crippen LogP contribution in [0.2, 0.25) is 0 Å². The van der Waals surface area contributed by atoms with E-state index in [1.54, 1.807) is 6.08 Å². The number of nitrogens with zero attached hydrogens (tertiary/aromatic N) is 1. The Hall–Kier alpha value is -2.44. The van der Waals surface area contributed by atoms with Crippen LogP contribution in [-0.2, 0) is 17.8 Å². The van der Waals surface area contributed by atoms with Gasteiger partial charge in [-0.25, -0.2) is 4.79 Å². The average Bonchev–Trinajstić information content (AvgIpc) is 2.91. The maximum Gasteiger partial charge on any atom is 0.339 e. The van der Waals surface area contributed by atoms with Crippen LogP contribution in [0.5, 0.6) is 0 Å². The lowest BCUT2D eigenvalue weighted by Crippen LogP contribution is -2.26. The fraction of sp³-hybridized carbons (Fsp3) is 0.263. The first kappa shape index (κ1) is 17.4. The predicted molar refractivity (Wildman–Crippen MR) is 100 cm³/mol. The van der Waals surface area contributed by atoms with E-state index in [9.17, 15) is 14.7 Å². The summed E-state index contributed by atoms with van der Waals surface area (Å²) in [6.07, 6.45) is 3.84. The van der Waals surface area contributed by atoms with Crippen molar-refractivity contribution in [2.24, 2.45) is 0 Å². The Morgan fingerprint density at radius 1 is 1.28 bits per heavy atom. The Labute approximate surface area is 150 Å². The first-order valence-corrected chi connectivity index (χ1v) is 8.88. The normalized spacial score (nSPS) is 14.5. The molecule has 0 saturated carbocycles. The maximum atomic E-state index is 12.2. The van der Waals surface area contributed by atoms with Crippen LogP contribution in [-0.4, -0.2) is 35.5 Å². The first-order chi connectivity index (χ1) is 11.9. The van der Waals surface area contributed by atoms with Crippen LogP contribution in [0.4, 0.5) is 5.00 Å². The third kappa shape index (κ3) is 3.97. The maximum absolute atomic E-state index is 12.2. The van der Waals surface area contributed by atoms with Crippen LogP contribution in [0.3, 0.4) is 0 Å². The molecule has 0 aliphatic carbocycles. The SMILES string of the molecule is Cc1ccc(/C=C/C(=O)Nc2sc3c(c2C(=O)O)CCN(C)C3)cc1. The molecule has 6 heteroatoms. The third-order valence-corrected chi connectivity index (χ3v) is 5.34. The molecule has 0 radical (unpaired) electrons. The molecular weight excluding hydrogens is 336 g/mol. The van der Waals surface area contributed by atoms with Crippen molar-refractivity contribution >= 4 is 34.3 Å². The molecule has 130 valence electrons. The fourth-order valence-corrected chi connectivity index (χ4v) is 4.17. The molecule has 2 N–H and O–H groups in total. The van der Waals surface area contributed by atoms with Gasteiger partial charge < -0.3 is 15.3 Å². The van der Waals surface area contributed by atoms with E-state index in [0.717, 1.165) is 34.7 Å². The van der Waals surface area contributed by atoms with Gasteiger partial charge in [-0.05, 0) is 37.6 Å². The summed E-state index contributed by atoms with van der Waals surface area (Å²) in [5.41, 5.74) is 3.17. The molecule has 1 aromatic carbocycles. The lowest BCUT2D eigenvalue weighted by Gasteiger charge is -2.22. The summed E-state index contributed by atoms with van der Waals surface area (Å²) in [7, 11) is 2.01. The number of aromatic carboxylic acids is 1. The summed E-state index contributed by atoms with van der Waals surface area (Å²) >= 11 is 1.36. The van der Waals surface area contributed by atoms with Gasteiger partial charge in [-0.1, -0.05) is 29.8 Å². The van der Waals surface area contributed by atoms with Crippen LogP contribution in [0, 0.1) is 6.92 Å². The van der Waals surface area contributed by atoms with Gasteiger partial charge in [-0.15, -0.1) is 11.3 Å². The van der Waals surface area contributed by atoms with Gasteiger partial charge >= 0.3 is 5.97 Å². The van der Waals surface area contributed by atoms with Gasteiger partial charge in [0, 0.05) is 24.0 Å². The van der Waals surface area contributed by atoms with Crippen molar-refractivity contribution in [2.45, 2.75) is 19.9 Å². The highest BCUT2D eigenvalue weighted by Crippen LogP contribution is 2.36. The predicted octanol–water partition coefficient (Wildman–Crippen LogP) is 3.39. The zero-order chi connectivity index (χ0) is 18.0. The molecule has 2 heterocycles. The molecule has 2 aromatic rings. The first-order valence-electron chi connectivity index (χ1n) is 8.06. The number of anilines is 1. The van der Waals surface area contributed by atoms with E-state index in [0.29, 0.717) is 11.4 Å². The average molecular weight is 356 g/mol. The van der Waals surface area contributed by atoms with Crippen molar-refractivity contribution in [3.63, 3.8) is 0 Å². The largest absolute Gasteiger partial charge is 0.478 e. The van der Waals surface area contributed by atoms with Crippen LogP contribution in [0.1, 0.15) is 31.9 Å². The summed E-state index contributed by atoms with van der Waals surface area (Å²) in [6, 6.07) is 7.82. The Kier molecular flexibility index (Phi) is 5.01. The summed E-state index contributed by atoms with van der Waals surface area (Å²) < 4.78 is 0. The van der Waals surface area contributed by atoms with Crippen LogP contribution in [0.15, 0.2) is 30.3 Å². The van der Waals surface area contributed by atoms with Gasteiger partial charge in [0.1, 0.15) is 5.00 Å². The van der Waals surface area contributed by atoms with Crippen molar-refractivity contribution in [1.82, 2.24) is 4.90 Å². The number of nitrogens with one attached hydrogen (secondary N) is 1. The molecule has 1 aliphatic heterocycles. The number of hydrogen-bond donors (Lipinski definition) is 2. The number of carboxylic acid groups (broad SMARTS) is 1. The highest BCUT2D eigenvalue weighted by Gasteiger charge is 2.27. The number of amides is 1. The topological polar surface area (TPSA) is 69.6 Å². The fourth-order valence-electron chi connectivity index (χ4n) is 2.85. The molecule has 25 heavy (non-hydrogen) atoms. The summed E-state index contributed by atoms with van der Waals surface area (Å²) in [4.78, 5) is 27.0. The minimum absolute atomic E-state index is 0.241. The zero-order valence-corrected chi connectivity index (χ0v) is 15.0. The molecule has 3 rings (SSSR count). The Morgan fingerprint density at radius 3 is 2.68 bits per heavy atom. The molecule has 0 bridgehead atoms. The number of aryl methyl sites for hydroxylation is 1. The number of carbonyl (C=O) groups excluding carboxylic acids is 1. The highest BCUT2D eigenvalue weighted by atomic mass is 32.1. The third-order valence-electron chi connectivity index (χ3n) is 4.20. The second kappa shape index (κ2) is 7.21. The second-order valence-corrected chi connectivity index (χ2v) is 7.34. The second-order valence-electron chi connectivity index (χ2n) is 6.23. The zero-order valence-electron chi connectivity index (χ0n) is 14.2. The van der Waals surface area contributed by atoms with Gasteiger partial charge in [-0.3, -0.25) is 4.79 Å². The van der Waals surface area contributed by atoms with E-state index < -0.39 is 5.97 Å². The molecular formula is C19H20N2O3S. The molecule has 1 aliphatic rings. The molecule has 0 fully saturated rings. The van der Waals surface area contributed by atoms with E-state index in [-0.39, 0.29) is 11.5 Å². The van der Waals surface area contributed by atoms with Gasteiger partial charge in [0.05, 0.1) is 5.56 Å². The van der Waals surface area contributed by atoms with E-state index in [4.69, 9.17) is 0 Å². The number of rotatable bonds is 4. The quantitative estimate of drug-likeness (QED) is 0.824. The standard InChI is InChI=1S/C19H20N2O3S/c1-12-3-5-13(6-4-12)7-8-16(22)20-18-17(19(23)24)14-9-10-21(2)11-15(14)25-18/h3-8H,9-11H2,1-2H3,(H,20,22)(H,23,24)/b8-7+. The minimum atomic E-state index is -0.986. The number of benzene rings is 1. The van der Waals surface area contributed by atoms with Gasteiger partial charge in [0.15, 0.2) is 0 Å². The highest BCUT2D eigenvalue weighted by molar-refractivity contribution is 7.17. The molecule has 5 nitrogen and oxygen atoms in total. The van der Waals surface area contributed by atoms with E-state index in [1.807, 2.05) is 38.2 Å². The number of carboxylic acids is 1. The molecule has 0 unspecified atom stereocenters. The van der Waals surface area contributed by atoms with Crippen molar-refractivity contribution in [2.75, 3.05) is 18.9 Å². The van der Waals surface area contributed by atoms with Crippen LogP contribution >= 0.6 is 11.3 Å². The van der Waals surface area contributed by atoms with Gasteiger partial charge in [0.25, 0.3) is 0 Å². The summed E-state index contributed by atoms with van der Waals surface area (Å²) in [5, 5.41) is 12.7. The van der Waals surface area contributed by atoms with Crippen molar-refractivity contribution < 1.29 is 14.7 Å². The van der Waals surface area contributed by atoms with Crippen molar-refractivity contribution in [3.05, 3.63) is 57.5 Å². The van der Waals surface area contributed by atoms with Gasteiger partial charge in [-0.2, -0.15) is 0 Å². The molecule has 0 spiro atoms. The van der Waals surface area contributed by atoms with Crippen molar-refractivity contribution in [1.29, 1.82) is 0 Å². The molecule has 0 atom stereocenters. The van der Waals surface area contributed by atoms with E-state index in [1.165, 1.54) is 17.4 Å². The smallest absolute Gasteiger partial charge is 0.339 e. The minimum Gasteiger partial charge on any atom is -0.478 e. The summed E-state index contributed by atoms with van der Waals surface area (Å²) in [6.45, 7) is 3.55. The number of fused-ring (bicyclic) bond motifs is 1. The number of thiophene rings is 1. The number of hydrogen-bond acceptors (Lipinski definition) is 4. The van der Waals surface area contributed by atoms with Crippen molar-refractivity contribution in [3.8, 4) is 0 Å². The lowest BCUT2D eigenvalue weighted by molar-refractivity contribution is -0.111. The van der Waals surface area contributed by atoms with Gasteiger partial charge in [0.2, 0.25) is 5.91 Å². The van der Waals surface area contributed by atoms with Crippen LogP contribution < -0.4 is 5.32 Å². The Bertz CT molecular complexity index is 837. The number of carbonyl (C=O) groups is 2. The number of likely N-dealkylation sites (N-methyl/N-ethyl adjacent to an activating group) is 1. The van der Waals surface area contributed by atoms with Crippen LogP contribution in [0.25, 0.3) is 6.08 Å². The van der Waals surface area contributed by atoms with E-state index >= 15 is 0 Å². The summed E-state index contributed by atoms with van der Waals surface area (Å²) in [5.74, 6) is -1.31. The monoisotopic (exact) mass is 356 g/mol.